The number of rotatable bonds is 0. The summed E-state index contributed by atoms with van der Waals surface area (Å²) in [6.45, 7) is 5.05. The smallest absolute Gasteiger partial charge is 0.0110 e. The van der Waals surface area contributed by atoms with Gasteiger partial charge in [-0.2, -0.15) is 0 Å². The molecule has 4 aliphatic carbocycles. The molecule has 0 spiro atoms. The van der Waals surface area contributed by atoms with Gasteiger partial charge in [-0.25, -0.2) is 0 Å². The standard InChI is InChI=1S/C19H26/c1-18-11-5-7-16(18)15-9-8-14-6-3-4-12-19(14,2)17(15)10-13-18/h5,7,9,11,14,17H,3-4,6,8,10,12-13H2,1-2H3/t14?,17-,18-,19-/m0/s1. The van der Waals surface area contributed by atoms with Crippen LogP contribution in [0.25, 0.3) is 0 Å². The summed E-state index contributed by atoms with van der Waals surface area (Å²) in [5.41, 5.74) is 4.36. The van der Waals surface area contributed by atoms with E-state index in [1.54, 1.807) is 11.1 Å². The normalized spacial score (nSPS) is 47.9. The van der Waals surface area contributed by atoms with Crippen LogP contribution in [0.1, 0.15) is 58.8 Å². The van der Waals surface area contributed by atoms with Gasteiger partial charge in [0, 0.05) is 5.41 Å². The van der Waals surface area contributed by atoms with Crippen molar-refractivity contribution < 1.29 is 0 Å². The Kier molecular flexibility index (Phi) is 2.44. The van der Waals surface area contributed by atoms with E-state index in [4.69, 9.17) is 0 Å². The van der Waals surface area contributed by atoms with Crippen molar-refractivity contribution in [1.82, 2.24) is 0 Å². The molecule has 0 aliphatic heterocycles. The molecule has 0 bridgehead atoms. The van der Waals surface area contributed by atoms with Crippen LogP contribution < -0.4 is 0 Å². The maximum absolute atomic E-state index is 2.62. The van der Waals surface area contributed by atoms with Gasteiger partial charge in [-0.3, -0.25) is 0 Å². The van der Waals surface area contributed by atoms with Crippen molar-refractivity contribution in [3.05, 3.63) is 35.5 Å². The van der Waals surface area contributed by atoms with Gasteiger partial charge in [-0.05, 0) is 60.5 Å². The molecule has 0 heterocycles. The summed E-state index contributed by atoms with van der Waals surface area (Å²) in [4.78, 5) is 0. The quantitative estimate of drug-likeness (QED) is 0.541. The average molecular weight is 254 g/mol. The predicted octanol–water partition coefficient (Wildman–Crippen LogP) is 5.43. The maximum atomic E-state index is 2.62. The lowest BCUT2D eigenvalue weighted by Gasteiger charge is -2.54. The van der Waals surface area contributed by atoms with Gasteiger partial charge < -0.3 is 0 Å². The molecule has 0 aromatic heterocycles. The second-order valence-electron chi connectivity index (χ2n) is 7.79. The van der Waals surface area contributed by atoms with E-state index in [-0.39, 0.29) is 0 Å². The van der Waals surface area contributed by atoms with Crippen LogP contribution in [0.15, 0.2) is 35.5 Å². The number of allylic oxidation sites excluding steroid dienone is 6. The molecular weight excluding hydrogens is 228 g/mol. The van der Waals surface area contributed by atoms with E-state index < -0.39 is 0 Å². The largest absolute Gasteiger partial charge is 0.0804 e. The van der Waals surface area contributed by atoms with Crippen LogP contribution in [0.5, 0.6) is 0 Å². The zero-order valence-electron chi connectivity index (χ0n) is 12.4. The minimum absolute atomic E-state index is 0.361. The highest BCUT2D eigenvalue weighted by atomic mass is 14.5. The number of fused-ring (bicyclic) bond motifs is 5. The summed E-state index contributed by atoms with van der Waals surface area (Å²) >= 11 is 0. The van der Waals surface area contributed by atoms with Crippen LogP contribution in [-0.4, -0.2) is 0 Å². The molecule has 0 heteroatoms. The number of hydrogen-bond acceptors (Lipinski definition) is 0. The fourth-order valence-electron chi connectivity index (χ4n) is 5.55. The molecule has 0 aromatic rings. The van der Waals surface area contributed by atoms with E-state index in [0.717, 1.165) is 11.8 Å². The van der Waals surface area contributed by atoms with Gasteiger partial charge in [0.15, 0.2) is 0 Å². The van der Waals surface area contributed by atoms with Gasteiger partial charge in [0.1, 0.15) is 0 Å². The van der Waals surface area contributed by atoms with Crippen molar-refractivity contribution in [2.75, 3.05) is 0 Å². The molecule has 1 unspecified atom stereocenters. The van der Waals surface area contributed by atoms with Crippen LogP contribution in [0.4, 0.5) is 0 Å². The zero-order valence-corrected chi connectivity index (χ0v) is 12.4. The topological polar surface area (TPSA) is 0 Å². The molecule has 2 saturated carbocycles. The monoisotopic (exact) mass is 254 g/mol. The highest BCUT2D eigenvalue weighted by molar-refractivity contribution is 5.50. The first-order valence-electron chi connectivity index (χ1n) is 8.24. The van der Waals surface area contributed by atoms with Gasteiger partial charge in [0.25, 0.3) is 0 Å². The Bertz CT molecular complexity index is 492. The van der Waals surface area contributed by atoms with Crippen LogP contribution in [0.2, 0.25) is 0 Å². The summed E-state index contributed by atoms with van der Waals surface area (Å²) < 4.78 is 0. The zero-order chi connectivity index (χ0) is 13.1. The second kappa shape index (κ2) is 3.87. The summed E-state index contributed by atoms with van der Waals surface area (Å²) in [6.07, 6.45) is 19.8. The van der Waals surface area contributed by atoms with Crippen LogP contribution in [0, 0.1) is 22.7 Å². The third kappa shape index (κ3) is 1.52. The molecule has 102 valence electrons. The Morgan fingerprint density at radius 2 is 2.00 bits per heavy atom. The third-order valence-electron chi connectivity index (χ3n) is 6.85. The SMILES string of the molecule is C[C@@]12C=CC=C1C1=CCC3CCCC[C@]3(C)[C@H]1CC2. The van der Waals surface area contributed by atoms with Crippen LogP contribution >= 0.6 is 0 Å². The third-order valence-corrected chi connectivity index (χ3v) is 6.85. The molecule has 4 rings (SSSR count). The molecule has 2 fully saturated rings. The van der Waals surface area contributed by atoms with Crippen molar-refractivity contribution >= 4 is 0 Å². The summed E-state index contributed by atoms with van der Waals surface area (Å²) in [5, 5.41) is 0. The maximum Gasteiger partial charge on any atom is 0.0110 e. The molecule has 4 atom stereocenters. The van der Waals surface area contributed by atoms with Crippen molar-refractivity contribution in [2.45, 2.75) is 58.8 Å². The summed E-state index contributed by atoms with van der Waals surface area (Å²) in [7, 11) is 0. The van der Waals surface area contributed by atoms with Crippen LogP contribution in [0.3, 0.4) is 0 Å². The summed E-state index contributed by atoms with van der Waals surface area (Å²) in [5.74, 6) is 1.82. The fourth-order valence-corrected chi connectivity index (χ4v) is 5.55. The Morgan fingerprint density at radius 3 is 2.89 bits per heavy atom. The minimum Gasteiger partial charge on any atom is -0.0804 e. The molecule has 0 amide bonds. The molecule has 4 aliphatic rings. The van der Waals surface area contributed by atoms with E-state index >= 15 is 0 Å². The Hall–Kier alpha value is -0.780. The van der Waals surface area contributed by atoms with Gasteiger partial charge in [0.2, 0.25) is 0 Å². The van der Waals surface area contributed by atoms with Crippen LogP contribution in [-0.2, 0) is 0 Å². The van der Waals surface area contributed by atoms with Crippen molar-refractivity contribution in [2.24, 2.45) is 22.7 Å². The first kappa shape index (κ1) is 12.0. The van der Waals surface area contributed by atoms with Gasteiger partial charge in [-0.1, -0.05) is 51.0 Å². The molecular formula is C19H26. The lowest BCUT2D eigenvalue weighted by Crippen LogP contribution is -2.44. The van der Waals surface area contributed by atoms with Gasteiger partial charge in [-0.15, -0.1) is 0 Å². The first-order valence-corrected chi connectivity index (χ1v) is 8.24. The van der Waals surface area contributed by atoms with Gasteiger partial charge in [0.05, 0.1) is 0 Å². The Balaban J connectivity index is 1.76. The molecule has 0 aromatic carbocycles. The highest BCUT2D eigenvalue weighted by Crippen LogP contribution is 2.61. The molecule has 0 radical (unpaired) electrons. The number of hydrogen-bond donors (Lipinski definition) is 0. The van der Waals surface area contributed by atoms with E-state index in [2.05, 4.69) is 38.2 Å². The van der Waals surface area contributed by atoms with E-state index in [1.807, 2.05) is 0 Å². The highest BCUT2D eigenvalue weighted by Gasteiger charge is 2.50. The first-order chi connectivity index (χ1) is 9.13. The van der Waals surface area contributed by atoms with E-state index in [0.29, 0.717) is 10.8 Å². The van der Waals surface area contributed by atoms with E-state index in [9.17, 15) is 0 Å². The minimum atomic E-state index is 0.361. The Morgan fingerprint density at radius 1 is 1.11 bits per heavy atom. The Labute approximate surface area is 117 Å². The van der Waals surface area contributed by atoms with Crippen molar-refractivity contribution in [3.8, 4) is 0 Å². The lowest BCUT2D eigenvalue weighted by molar-refractivity contribution is 0.0370. The average Bonchev–Trinajstić information content (AvgIpc) is 2.79. The second-order valence-corrected chi connectivity index (χ2v) is 7.79. The van der Waals surface area contributed by atoms with E-state index in [1.165, 1.54) is 44.9 Å². The van der Waals surface area contributed by atoms with Gasteiger partial charge >= 0.3 is 0 Å². The molecule has 19 heavy (non-hydrogen) atoms. The predicted molar refractivity (Wildman–Crippen MR) is 80.8 cm³/mol. The van der Waals surface area contributed by atoms with Crippen molar-refractivity contribution in [1.29, 1.82) is 0 Å². The molecule has 0 nitrogen and oxygen atoms in total. The summed E-state index contributed by atoms with van der Waals surface area (Å²) in [6, 6.07) is 0. The van der Waals surface area contributed by atoms with Crippen molar-refractivity contribution in [3.63, 3.8) is 0 Å². The lowest BCUT2D eigenvalue weighted by atomic mass is 9.50. The molecule has 0 saturated heterocycles. The molecule has 0 N–H and O–H groups in total. The fraction of sp³-hybridized carbons (Fsp3) is 0.684.